The summed E-state index contributed by atoms with van der Waals surface area (Å²) < 4.78 is 0. The normalized spacial score (nSPS) is 16.2. The van der Waals surface area contributed by atoms with Crippen LogP contribution in [0, 0.1) is 6.92 Å². The largest absolute Gasteiger partial charge is 0.338 e. The van der Waals surface area contributed by atoms with Crippen molar-refractivity contribution in [2.24, 2.45) is 0 Å². The van der Waals surface area contributed by atoms with Gasteiger partial charge in [-0.15, -0.1) is 0 Å². The molecule has 1 aliphatic rings. The zero-order valence-electron chi connectivity index (χ0n) is 12.2. The fraction of sp³-hybridized carbons (Fsp3) is 0.375. The Morgan fingerprint density at radius 1 is 1.14 bits per heavy atom. The van der Waals surface area contributed by atoms with Gasteiger partial charge in [0.15, 0.2) is 0 Å². The number of hydrogen-bond donors (Lipinski definition) is 0. The van der Waals surface area contributed by atoms with Crippen LogP contribution in [0.4, 0.5) is 5.95 Å². The lowest BCUT2D eigenvalue weighted by Gasteiger charge is -2.34. The highest BCUT2D eigenvalue weighted by Gasteiger charge is 2.19. The van der Waals surface area contributed by atoms with Crippen molar-refractivity contribution >= 4 is 17.5 Å². The molecular weight excluding hydrogens is 284 g/mol. The molecule has 2 heterocycles. The number of halogens is 1. The van der Waals surface area contributed by atoms with Gasteiger partial charge in [0.1, 0.15) is 0 Å². The predicted octanol–water partition coefficient (Wildman–Crippen LogP) is 2.76. The molecule has 0 atom stereocenters. The van der Waals surface area contributed by atoms with Crippen LogP contribution in [0.15, 0.2) is 36.5 Å². The van der Waals surface area contributed by atoms with E-state index in [1.165, 1.54) is 5.56 Å². The molecule has 4 nitrogen and oxygen atoms in total. The van der Waals surface area contributed by atoms with Crippen molar-refractivity contribution in [1.29, 1.82) is 0 Å². The Bertz CT molecular complexity index is 609. The molecule has 2 aromatic rings. The fourth-order valence-electron chi connectivity index (χ4n) is 2.59. The molecule has 1 aromatic carbocycles. The number of anilines is 1. The van der Waals surface area contributed by atoms with Crippen molar-refractivity contribution in [3.63, 3.8) is 0 Å². The minimum atomic E-state index is 0.805. The number of aromatic nitrogens is 2. The van der Waals surface area contributed by atoms with E-state index in [2.05, 4.69) is 25.8 Å². The minimum Gasteiger partial charge on any atom is -0.338 e. The zero-order chi connectivity index (χ0) is 14.7. The number of piperazine rings is 1. The van der Waals surface area contributed by atoms with Gasteiger partial charge in [-0.05, 0) is 30.7 Å². The Morgan fingerprint density at radius 3 is 2.67 bits per heavy atom. The molecule has 0 spiro atoms. The molecule has 1 fully saturated rings. The zero-order valence-corrected chi connectivity index (χ0v) is 12.9. The second-order valence-corrected chi connectivity index (χ2v) is 5.83. The van der Waals surface area contributed by atoms with Crippen LogP contribution in [-0.2, 0) is 6.54 Å². The summed E-state index contributed by atoms with van der Waals surface area (Å²) in [6.07, 6.45) is 1.83. The van der Waals surface area contributed by atoms with E-state index < -0.39 is 0 Å². The van der Waals surface area contributed by atoms with Gasteiger partial charge in [0, 0.05) is 49.6 Å². The van der Waals surface area contributed by atoms with E-state index in [4.69, 9.17) is 11.6 Å². The van der Waals surface area contributed by atoms with Crippen molar-refractivity contribution < 1.29 is 0 Å². The Hall–Kier alpha value is -1.65. The highest BCUT2D eigenvalue weighted by molar-refractivity contribution is 6.30. The van der Waals surface area contributed by atoms with Gasteiger partial charge < -0.3 is 4.90 Å². The molecule has 0 N–H and O–H groups in total. The van der Waals surface area contributed by atoms with Gasteiger partial charge in [0.2, 0.25) is 5.95 Å². The van der Waals surface area contributed by atoms with Crippen molar-refractivity contribution in [2.75, 3.05) is 31.1 Å². The predicted molar refractivity (Wildman–Crippen MR) is 85.7 cm³/mol. The van der Waals surface area contributed by atoms with E-state index in [1.54, 1.807) is 0 Å². The Balaban J connectivity index is 1.58. The summed E-state index contributed by atoms with van der Waals surface area (Å²) in [5.74, 6) is 0.845. The maximum atomic E-state index is 6.04. The van der Waals surface area contributed by atoms with Gasteiger partial charge in [0.25, 0.3) is 0 Å². The first-order valence-corrected chi connectivity index (χ1v) is 7.60. The number of hydrogen-bond acceptors (Lipinski definition) is 4. The molecule has 0 saturated carbocycles. The average molecular weight is 303 g/mol. The summed E-state index contributed by atoms with van der Waals surface area (Å²) in [6.45, 7) is 6.91. The lowest BCUT2D eigenvalue weighted by Crippen LogP contribution is -2.46. The van der Waals surface area contributed by atoms with Gasteiger partial charge in [-0.25, -0.2) is 9.97 Å². The van der Waals surface area contributed by atoms with Crippen LogP contribution in [0.1, 0.15) is 11.3 Å². The molecule has 5 heteroatoms. The first-order chi connectivity index (χ1) is 10.2. The minimum absolute atomic E-state index is 0.805. The van der Waals surface area contributed by atoms with Crippen LogP contribution in [0.5, 0.6) is 0 Å². The van der Waals surface area contributed by atoms with Crippen LogP contribution < -0.4 is 4.90 Å². The lowest BCUT2D eigenvalue weighted by molar-refractivity contribution is 0.248. The summed E-state index contributed by atoms with van der Waals surface area (Å²) in [7, 11) is 0. The highest BCUT2D eigenvalue weighted by atomic mass is 35.5. The molecule has 110 valence electrons. The SMILES string of the molecule is Cc1ccnc(N2CCN(Cc3cccc(Cl)c3)CC2)n1. The van der Waals surface area contributed by atoms with Crippen LogP contribution in [-0.4, -0.2) is 41.0 Å². The summed E-state index contributed by atoms with van der Waals surface area (Å²) >= 11 is 6.04. The molecule has 1 aromatic heterocycles. The second kappa shape index (κ2) is 6.41. The van der Waals surface area contributed by atoms with Gasteiger partial charge in [-0.2, -0.15) is 0 Å². The molecule has 0 unspecified atom stereocenters. The van der Waals surface area contributed by atoms with Gasteiger partial charge >= 0.3 is 0 Å². The molecule has 21 heavy (non-hydrogen) atoms. The summed E-state index contributed by atoms with van der Waals surface area (Å²) in [5, 5.41) is 0.805. The van der Waals surface area contributed by atoms with E-state index in [-0.39, 0.29) is 0 Å². The van der Waals surface area contributed by atoms with Crippen molar-refractivity contribution in [2.45, 2.75) is 13.5 Å². The quantitative estimate of drug-likeness (QED) is 0.873. The van der Waals surface area contributed by atoms with Gasteiger partial charge in [-0.3, -0.25) is 4.90 Å². The maximum absolute atomic E-state index is 6.04. The summed E-state index contributed by atoms with van der Waals surface area (Å²) in [4.78, 5) is 13.6. The van der Waals surface area contributed by atoms with E-state index in [0.29, 0.717) is 0 Å². The van der Waals surface area contributed by atoms with Crippen LogP contribution in [0.3, 0.4) is 0 Å². The van der Waals surface area contributed by atoms with Crippen LogP contribution in [0.25, 0.3) is 0 Å². The highest BCUT2D eigenvalue weighted by Crippen LogP contribution is 2.15. The first kappa shape index (κ1) is 14.3. The Kier molecular flexibility index (Phi) is 4.36. The fourth-order valence-corrected chi connectivity index (χ4v) is 2.80. The van der Waals surface area contributed by atoms with Crippen LogP contribution >= 0.6 is 11.6 Å². The number of nitrogens with zero attached hydrogens (tertiary/aromatic N) is 4. The smallest absolute Gasteiger partial charge is 0.225 e. The van der Waals surface area contributed by atoms with Crippen molar-refractivity contribution in [1.82, 2.24) is 14.9 Å². The molecule has 1 aliphatic heterocycles. The third-order valence-corrected chi connectivity index (χ3v) is 3.97. The van der Waals surface area contributed by atoms with Crippen molar-refractivity contribution in [3.05, 3.63) is 52.8 Å². The molecule has 1 saturated heterocycles. The monoisotopic (exact) mass is 302 g/mol. The Labute approximate surface area is 130 Å². The lowest BCUT2D eigenvalue weighted by atomic mass is 10.2. The van der Waals surface area contributed by atoms with Gasteiger partial charge in [0.05, 0.1) is 0 Å². The van der Waals surface area contributed by atoms with Crippen LogP contribution in [0.2, 0.25) is 5.02 Å². The average Bonchev–Trinajstić information content (AvgIpc) is 2.48. The summed E-state index contributed by atoms with van der Waals surface area (Å²) in [5.41, 5.74) is 2.28. The Morgan fingerprint density at radius 2 is 1.95 bits per heavy atom. The van der Waals surface area contributed by atoms with E-state index >= 15 is 0 Å². The molecule has 3 rings (SSSR count). The van der Waals surface area contributed by atoms with E-state index in [0.717, 1.165) is 49.4 Å². The molecule has 0 radical (unpaired) electrons. The number of benzene rings is 1. The van der Waals surface area contributed by atoms with E-state index in [9.17, 15) is 0 Å². The number of aryl methyl sites for hydroxylation is 1. The maximum Gasteiger partial charge on any atom is 0.225 e. The first-order valence-electron chi connectivity index (χ1n) is 7.22. The second-order valence-electron chi connectivity index (χ2n) is 5.39. The summed E-state index contributed by atoms with van der Waals surface area (Å²) in [6, 6.07) is 10.0. The van der Waals surface area contributed by atoms with Gasteiger partial charge in [-0.1, -0.05) is 23.7 Å². The standard InChI is InChI=1S/C16H19ClN4/c1-13-5-6-18-16(19-13)21-9-7-20(8-10-21)12-14-3-2-4-15(17)11-14/h2-6,11H,7-10,12H2,1H3. The molecular formula is C16H19ClN4. The molecule has 0 amide bonds. The third-order valence-electron chi connectivity index (χ3n) is 3.73. The number of rotatable bonds is 3. The molecule has 0 bridgehead atoms. The molecule has 0 aliphatic carbocycles. The topological polar surface area (TPSA) is 32.3 Å². The van der Waals surface area contributed by atoms with E-state index in [1.807, 2.05) is 37.4 Å². The van der Waals surface area contributed by atoms with Crippen molar-refractivity contribution in [3.8, 4) is 0 Å². The third kappa shape index (κ3) is 3.71.